The van der Waals surface area contributed by atoms with Crippen LogP contribution in [0, 0.1) is 18.3 Å². The minimum atomic E-state index is -0.396. The van der Waals surface area contributed by atoms with Crippen LogP contribution in [0.1, 0.15) is 18.1 Å². The van der Waals surface area contributed by atoms with Crippen molar-refractivity contribution in [2.24, 2.45) is 4.99 Å². The smallest absolute Gasteiger partial charge is 0.320 e. The fourth-order valence-electron chi connectivity index (χ4n) is 3.20. The van der Waals surface area contributed by atoms with E-state index in [9.17, 15) is 10.4 Å². The number of rotatable bonds is 7. The zero-order valence-corrected chi connectivity index (χ0v) is 19.0. The van der Waals surface area contributed by atoms with Crippen LogP contribution < -0.4 is 9.79 Å². The average Bonchev–Trinajstić information content (AvgIpc) is 3.30. The Morgan fingerprint density at radius 3 is 2.58 bits per heavy atom. The number of aliphatic imine (C=N–C) groups is 1. The van der Waals surface area contributed by atoms with Crippen molar-refractivity contribution in [3.05, 3.63) is 78.0 Å². The normalized spacial score (nSPS) is 11.4. The van der Waals surface area contributed by atoms with E-state index in [1.165, 1.54) is 11.8 Å². The minimum absolute atomic E-state index is 0.0140. The molecule has 2 aromatic heterocycles. The Morgan fingerprint density at radius 2 is 1.91 bits per heavy atom. The van der Waals surface area contributed by atoms with Gasteiger partial charge in [0.1, 0.15) is 11.1 Å². The summed E-state index contributed by atoms with van der Waals surface area (Å²) in [6.07, 6.45) is 1.56. The van der Waals surface area contributed by atoms with Crippen LogP contribution in [0.25, 0.3) is 22.4 Å². The summed E-state index contributed by atoms with van der Waals surface area (Å²) in [4.78, 5) is 8.67. The standard InChI is InChI=1S/C25H21N5O2S/c1-3-30-15-24(32-29-30)28-23(31)16-33-25-21(14-26)20(18-11-9-17(2)10-12-18)13-22(27-25)19-7-5-4-6-8-19/h4-13,15H,3,16H2,1-2H3. The molecule has 7 nitrogen and oxygen atoms in total. The van der Waals surface area contributed by atoms with Crippen LogP contribution in [-0.2, 0) is 6.54 Å². The lowest BCUT2D eigenvalue weighted by molar-refractivity contribution is -0.759. The number of nitrogens with zero attached hydrogens (tertiary/aromatic N) is 5. The average molecular weight is 456 g/mol. The topological polar surface area (TPSA) is 102 Å². The van der Waals surface area contributed by atoms with Gasteiger partial charge in [-0.3, -0.25) is 4.52 Å². The van der Waals surface area contributed by atoms with Crippen LogP contribution in [0.15, 0.2) is 81.4 Å². The highest BCUT2D eigenvalue weighted by atomic mass is 32.2. The molecule has 0 bridgehead atoms. The van der Waals surface area contributed by atoms with Crippen LogP contribution in [-0.4, -0.2) is 21.9 Å². The number of aryl methyl sites for hydroxylation is 2. The predicted octanol–water partition coefficient (Wildman–Crippen LogP) is 4.07. The largest absolute Gasteiger partial charge is 0.861 e. The van der Waals surface area contributed by atoms with E-state index in [-0.39, 0.29) is 11.6 Å². The van der Waals surface area contributed by atoms with E-state index in [4.69, 9.17) is 9.51 Å². The molecule has 2 aromatic carbocycles. The van der Waals surface area contributed by atoms with E-state index < -0.39 is 5.90 Å². The van der Waals surface area contributed by atoms with Crippen molar-refractivity contribution < 1.29 is 14.3 Å². The van der Waals surface area contributed by atoms with Gasteiger partial charge in [0, 0.05) is 16.9 Å². The molecule has 0 radical (unpaired) electrons. The highest BCUT2D eigenvalue weighted by molar-refractivity contribution is 7.99. The maximum absolute atomic E-state index is 12.4. The maximum atomic E-state index is 12.4. The molecule has 0 fully saturated rings. The molecule has 8 heteroatoms. The molecule has 2 heterocycles. The molecule has 164 valence electrons. The summed E-state index contributed by atoms with van der Waals surface area (Å²) in [6, 6.07) is 22.0. The van der Waals surface area contributed by atoms with Gasteiger partial charge in [-0.25, -0.2) is 9.98 Å². The van der Waals surface area contributed by atoms with Crippen LogP contribution in [0.2, 0.25) is 0 Å². The SMILES string of the molecule is CC[n+]1cc(/N=C(\[O-])CSc2nc(-c3ccccc3)cc(-c3ccc(C)cc3)c2C#N)on1. The zero-order valence-electron chi connectivity index (χ0n) is 18.2. The first-order chi connectivity index (χ1) is 16.1. The molecule has 0 aliphatic rings. The van der Waals surface area contributed by atoms with Crippen molar-refractivity contribution >= 4 is 23.5 Å². The van der Waals surface area contributed by atoms with Gasteiger partial charge in [0.25, 0.3) is 6.20 Å². The molecular weight excluding hydrogens is 434 g/mol. The maximum Gasteiger partial charge on any atom is 0.320 e. The molecule has 0 saturated carbocycles. The highest BCUT2D eigenvalue weighted by Gasteiger charge is 2.16. The fraction of sp³-hybridized carbons (Fsp3) is 0.160. The van der Waals surface area contributed by atoms with Crippen molar-refractivity contribution in [3.8, 4) is 28.5 Å². The third kappa shape index (κ3) is 5.27. The number of nitriles is 1. The molecule has 0 saturated heterocycles. The quantitative estimate of drug-likeness (QED) is 0.180. The Bertz CT molecular complexity index is 1330. The molecule has 0 unspecified atom stereocenters. The Kier molecular flexibility index (Phi) is 6.81. The summed E-state index contributed by atoms with van der Waals surface area (Å²) >= 11 is 1.19. The van der Waals surface area contributed by atoms with Crippen molar-refractivity contribution in [2.75, 3.05) is 5.75 Å². The van der Waals surface area contributed by atoms with E-state index in [1.807, 2.05) is 74.5 Å². The van der Waals surface area contributed by atoms with Gasteiger partial charge in [0.15, 0.2) is 6.54 Å². The molecule has 4 aromatic rings. The second kappa shape index (κ2) is 10.1. The highest BCUT2D eigenvalue weighted by Crippen LogP contribution is 2.34. The molecule has 0 spiro atoms. The lowest BCUT2D eigenvalue weighted by Gasteiger charge is -2.14. The summed E-state index contributed by atoms with van der Waals surface area (Å²) < 4.78 is 6.58. The first-order valence-corrected chi connectivity index (χ1v) is 11.4. The summed E-state index contributed by atoms with van der Waals surface area (Å²) in [5.74, 6) is -0.235. The third-order valence-corrected chi connectivity index (χ3v) is 5.88. The molecule has 4 rings (SSSR count). The number of benzene rings is 2. The second-order valence-corrected chi connectivity index (χ2v) is 8.23. The Hall–Kier alpha value is -3.96. The lowest BCUT2D eigenvalue weighted by atomic mass is 9.98. The lowest BCUT2D eigenvalue weighted by Crippen LogP contribution is -2.32. The Balaban J connectivity index is 1.72. The van der Waals surface area contributed by atoms with Crippen LogP contribution in [0.5, 0.6) is 0 Å². The van der Waals surface area contributed by atoms with Crippen LogP contribution >= 0.6 is 11.8 Å². The number of aromatic nitrogens is 3. The zero-order chi connectivity index (χ0) is 23.2. The Labute approximate surface area is 196 Å². The van der Waals surface area contributed by atoms with Gasteiger partial charge in [-0.05, 0) is 31.4 Å². The van der Waals surface area contributed by atoms with Crippen LogP contribution in [0.3, 0.4) is 0 Å². The van der Waals surface area contributed by atoms with Crippen molar-refractivity contribution in [1.29, 1.82) is 5.26 Å². The van der Waals surface area contributed by atoms with Gasteiger partial charge in [0.2, 0.25) is 5.27 Å². The summed E-state index contributed by atoms with van der Waals surface area (Å²) in [5, 5.41) is 26.7. The second-order valence-electron chi connectivity index (χ2n) is 7.27. The van der Waals surface area contributed by atoms with E-state index >= 15 is 0 Å². The van der Waals surface area contributed by atoms with Crippen molar-refractivity contribution in [2.45, 2.75) is 25.4 Å². The van der Waals surface area contributed by atoms with Gasteiger partial charge in [0.05, 0.1) is 11.3 Å². The summed E-state index contributed by atoms with van der Waals surface area (Å²) in [7, 11) is 0. The Morgan fingerprint density at radius 1 is 1.15 bits per heavy atom. The van der Waals surface area contributed by atoms with E-state index in [0.29, 0.717) is 17.1 Å². The van der Waals surface area contributed by atoms with E-state index in [0.717, 1.165) is 27.9 Å². The van der Waals surface area contributed by atoms with Gasteiger partial charge < -0.3 is 5.11 Å². The first-order valence-electron chi connectivity index (χ1n) is 10.4. The number of hydrogen-bond acceptors (Lipinski definition) is 7. The molecule has 0 amide bonds. The monoisotopic (exact) mass is 455 g/mol. The molecular formula is C25H21N5O2S. The molecule has 0 atom stereocenters. The number of hydrogen-bond donors (Lipinski definition) is 0. The molecule has 0 N–H and O–H groups in total. The molecule has 33 heavy (non-hydrogen) atoms. The number of pyridine rings is 1. The van der Waals surface area contributed by atoms with Gasteiger partial charge in [-0.15, -0.1) is 0 Å². The van der Waals surface area contributed by atoms with E-state index in [1.54, 1.807) is 10.9 Å². The first kappa shape index (κ1) is 22.2. The van der Waals surface area contributed by atoms with Gasteiger partial charge >= 0.3 is 5.88 Å². The predicted molar refractivity (Wildman–Crippen MR) is 125 cm³/mol. The van der Waals surface area contributed by atoms with Crippen molar-refractivity contribution in [3.63, 3.8) is 0 Å². The van der Waals surface area contributed by atoms with Gasteiger partial charge in [-0.2, -0.15) is 5.26 Å². The molecule has 0 aliphatic heterocycles. The summed E-state index contributed by atoms with van der Waals surface area (Å²) in [5.41, 5.74) is 4.92. The summed E-state index contributed by atoms with van der Waals surface area (Å²) in [6.45, 7) is 4.54. The molecule has 0 aliphatic carbocycles. The third-order valence-electron chi connectivity index (χ3n) is 4.92. The van der Waals surface area contributed by atoms with Crippen LogP contribution in [0.4, 0.5) is 5.88 Å². The van der Waals surface area contributed by atoms with Gasteiger partial charge in [-0.1, -0.05) is 76.6 Å². The fourth-order valence-corrected chi connectivity index (χ4v) is 3.99. The minimum Gasteiger partial charge on any atom is -0.861 e. The van der Waals surface area contributed by atoms with E-state index in [2.05, 4.69) is 16.3 Å². The number of thioether (sulfide) groups is 1. The van der Waals surface area contributed by atoms with Crippen molar-refractivity contribution in [1.82, 2.24) is 10.3 Å².